The van der Waals surface area contributed by atoms with Gasteiger partial charge in [0, 0.05) is 18.0 Å². The molecule has 108 valence electrons. The first-order valence-electron chi connectivity index (χ1n) is 6.63. The van der Waals surface area contributed by atoms with E-state index in [0.29, 0.717) is 22.4 Å². The number of oxime groups is 1. The molecule has 1 aromatic rings. The van der Waals surface area contributed by atoms with Gasteiger partial charge in [-0.1, -0.05) is 19.0 Å². The first kappa shape index (κ1) is 14.8. The molecule has 1 aliphatic rings. The summed E-state index contributed by atoms with van der Waals surface area (Å²) in [5.74, 6) is -0.501. The van der Waals surface area contributed by atoms with Gasteiger partial charge in [-0.3, -0.25) is 9.78 Å². The molecule has 5 heteroatoms. The van der Waals surface area contributed by atoms with Crippen LogP contribution in [0.2, 0.25) is 0 Å². The van der Waals surface area contributed by atoms with Crippen molar-refractivity contribution in [3.05, 3.63) is 53.4 Å². The number of pyridine rings is 1. The summed E-state index contributed by atoms with van der Waals surface area (Å²) >= 11 is 0. The first-order chi connectivity index (χ1) is 9.99. The van der Waals surface area contributed by atoms with Gasteiger partial charge in [0.25, 0.3) is 0 Å². The topological polar surface area (TPSA) is 68.6 Å². The lowest BCUT2D eigenvalue weighted by Crippen LogP contribution is -2.16. The van der Waals surface area contributed by atoms with Crippen molar-refractivity contribution < 1.29 is 14.4 Å². The standard InChI is InChI=1S/C16H16N2O3/c1-10(2)13-9-14(11(3)8-15(13)19)18-21-16(20)12-4-6-17-7-5-12/h4-10H,1-3H3/b18-14-. The van der Waals surface area contributed by atoms with Gasteiger partial charge >= 0.3 is 5.97 Å². The van der Waals surface area contributed by atoms with Gasteiger partial charge < -0.3 is 4.84 Å². The maximum absolute atomic E-state index is 11.8. The van der Waals surface area contributed by atoms with Gasteiger partial charge in [0.05, 0.1) is 5.56 Å². The number of nitrogens with zero attached hydrogens (tertiary/aromatic N) is 2. The van der Waals surface area contributed by atoms with Crippen LogP contribution in [0.15, 0.2) is 53.0 Å². The Kier molecular flexibility index (Phi) is 4.42. The fraction of sp³-hybridized carbons (Fsp3) is 0.250. The highest BCUT2D eigenvalue weighted by molar-refractivity contribution is 6.21. The molecular weight excluding hydrogens is 268 g/mol. The van der Waals surface area contributed by atoms with Crippen molar-refractivity contribution in [2.45, 2.75) is 20.8 Å². The summed E-state index contributed by atoms with van der Waals surface area (Å²) in [4.78, 5) is 32.4. The summed E-state index contributed by atoms with van der Waals surface area (Å²) in [7, 11) is 0. The second kappa shape index (κ2) is 6.26. The molecule has 0 saturated heterocycles. The monoisotopic (exact) mass is 284 g/mol. The Balaban J connectivity index is 2.19. The van der Waals surface area contributed by atoms with Crippen LogP contribution in [0.1, 0.15) is 31.1 Å². The van der Waals surface area contributed by atoms with Crippen LogP contribution in [-0.2, 0) is 9.63 Å². The fourth-order valence-corrected chi connectivity index (χ4v) is 1.87. The summed E-state index contributed by atoms with van der Waals surface area (Å²) < 4.78 is 0. The maximum Gasteiger partial charge on any atom is 0.365 e. The molecule has 0 aliphatic heterocycles. The smallest absolute Gasteiger partial charge is 0.312 e. The van der Waals surface area contributed by atoms with E-state index in [0.717, 1.165) is 0 Å². The van der Waals surface area contributed by atoms with Gasteiger partial charge in [-0.25, -0.2) is 4.79 Å². The molecule has 0 saturated carbocycles. The minimum Gasteiger partial charge on any atom is -0.312 e. The van der Waals surface area contributed by atoms with E-state index < -0.39 is 5.97 Å². The molecule has 0 amide bonds. The number of hydrogen-bond acceptors (Lipinski definition) is 5. The van der Waals surface area contributed by atoms with Crippen LogP contribution in [0.3, 0.4) is 0 Å². The van der Waals surface area contributed by atoms with E-state index in [-0.39, 0.29) is 11.7 Å². The van der Waals surface area contributed by atoms with E-state index in [1.54, 1.807) is 25.1 Å². The summed E-state index contributed by atoms with van der Waals surface area (Å²) in [6.07, 6.45) is 6.19. The molecule has 0 N–H and O–H groups in total. The maximum atomic E-state index is 11.8. The van der Waals surface area contributed by atoms with E-state index in [9.17, 15) is 9.59 Å². The predicted molar refractivity (Wildman–Crippen MR) is 78.8 cm³/mol. The second-order valence-electron chi connectivity index (χ2n) is 5.04. The summed E-state index contributed by atoms with van der Waals surface area (Å²) in [5, 5.41) is 3.86. The van der Waals surface area contributed by atoms with E-state index in [1.165, 1.54) is 18.5 Å². The van der Waals surface area contributed by atoms with E-state index >= 15 is 0 Å². The Morgan fingerprint density at radius 2 is 1.90 bits per heavy atom. The van der Waals surface area contributed by atoms with Crippen molar-refractivity contribution in [1.29, 1.82) is 0 Å². The summed E-state index contributed by atoms with van der Waals surface area (Å²) in [6.45, 7) is 5.61. The van der Waals surface area contributed by atoms with Crippen LogP contribution in [-0.4, -0.2) is 22.4 Å². The third-order valence-electron chi connectivity index (χ3n) is 3.09. The SMILES string of the molecule is CC1=CC(=O)C(C(C)C)=C/C1=N/OC(=O)c1ccncc1. The molecule has 5 nitrogen and oxygen atoms in total. The molecule has 1 heterocycles. The molecule has 0 spiro atoms. The lowest BCUT2D eigenvalue weighted by Gasteiger charge is -2.14. The highest BCUT2D eigenvalue weighted by atomic mass is 16.7. The molecule has 0 radical (unpaired) electrons. The van der Waals surface area contributed by atoms with Crippen molar-refractivity contribution in [2.24, 2.45) is 11.1 Å². The molecule has 21 heavy (non-hydrogen) atoms. The zero-order valence-electron chi connectivity index (χ0n) is 12.2. The molecule has 1 aliphatic carbocycles. The average Bonchev–Trinajstić information content (AvgIpc) is 2.46. The van der Waals surface area contributed by atoms with Crippen molar-refractivity contribution in [3.8, 4) is 0 Å². The number of allylic oxidation sites excluding steroid dienone is 4. The van der Waals surface area contributed by atoms with Crippen molar-refractivity contribution in [3.63, 3.8) is 0 Å². The van der Waals surface area contributed by atoms with Gasteiger partial charge in [-0.2, -0.15) is 0 Å². The Morgan fingerprint density at radius 3 is 2.52 bits per heavy atom. The largest absolute Gasteiger partial charge is 0.365 e. The minimum atomic E-state index is -0.561. The molecule has 0 unspecified atom stereocenters. The Bertz CT molecular complexity index is 655. The van der Waals surface area contributed by atoms with E-state index in [2.05, 4.69) is 10.1 Å². The lowest BCUT2D eigenvalue weighted by atomic mass is 9.90. The van der Waals surface area contributed by atoms with E-state index in [4.69, 9.17) is 4.84 Å². The normalized spacial score (nSPS) is 16.8. The highest BCUT2D eigenvalue weighted by Crippen LogP contribution is 2.19. The zero-order valence-corrected chi connectivity index (χ0v) is 12.2. The minimum absolute atomic E-state index is 0.0260. The molecule has 1 aromatic heterocycles. The molecule has 0 bridgehead atoms. The van der Waals surface area contributed by atoms with Gasteiger partial charge in [0.15, 0.2) is 5.78 Å². The Hall–Kier alpha value is -2.56. The van der Waals surface area contributed by atoms with Gasteiger partial charge in [-0.15, -0.1) is 0 Å². The van der Waals surface area contributed by atoms with Crippen LogP contribution in [0.25, 0.3) is 0 Å². The van der Waals surface area contributed by atoms with E-state index in [1.807, 2.05) is 13.8 Å². The predicted octanol–water partition coefficient (Wildman–Crippen LogP) is 2.71. The van der Waals surface area contributed by atoms with Crippen LogP contribution in [0, 0.1) is 5.92 Å². The van der Waals surface area contributed by atoms with Crippen molar-refractivity contribution >= 4 is 17.5 Å². The van der Waals surface area contributed by atoms with Gasteiger partial charge in [-0.05, 0) is 42.7 Å². The molecule has 0 fully saturated rings. The van der Waals surface area contributed by atoms with Crippen LogP contribution >= 0.6 is 0 Å². The fourth-order valence-electron chi connectivity index (χ4n) is 1.87. The Labute approximate surface area is 123 Å². The molecular formula is C16H16N2O3. The third kappa shape index (κ3) is 3.51. The third-order valence-corrected chi connectivity index (χ3v) is 3.09. The van der Waals surface area contributed by atoms with Crippen LogP contribution < -0.4 is 0 Å². The molecule has 0 atom stereocenters. The zero-order chi connectivity index (χ0) is 15.4. The number of aromatic nitrogens is 1. The Morgan fingerprint density at radius 1 is 1.24 bits per heavy atom. The number of carbonyl (C=O) groups is 2. The van der Waals surface area contributed by atoms with Crippen molar-refractivity contribution in [1.82, 2.24) is 4.98 Å². The van der Waals surface area contributed by atoms with Gasteiger partial charge in [0.2, 0.25) is 0 Å². The number of ketones is 1. The first-order valence-corrected chi connectivity index (χ1v) is 6.63. The van der Waals surface area contributed by atoms with Crippen LogP contribution in [0.4, 0.5) is 0 Å². The average molecular weight is 284 g/mol. The number of carbonyl (C=O) groups excluding carboxylic acids is 2. The molecule has 2 rings (SSSR count). The second-order valence-corrected chi connectivity index (χ2v) is 5.04. The summed E-state index contributed by atoms with van der Waals surface area (Å²) in [5.41, 5.74) is 2.18. The van der Waals surface area contributed by atoms with Crippen LogP contribution in [0.5, 0.6) is 0 Å². The number of hydrogen-bond donors (Lipinski definition) is 0. The highest BCUT2D eigenvalue weighted by Gasteiger charge is 2.19. The molecule has 0 aromatic carbocycles. The van der Waals surface area contributed by atoms with Gasteiger partial charge in [0.1, 0.15) is 5.71 Å². The quantitative estimate of drug-likeness (QED) is 0.486. The van der Waals surface area contributed by atoms with Crippen molar-refractivity contribution in [2.75, 3.05) is 0 Å². The number of rotatable bonds is 3. The lowest BCUT2D eigenvalue weighted by molar-refractivity contribution is -0.111. The summed E-state index contributed by atoms with van der Waals surface area (Å²) in [6, 6.07) is 3.09.